The van der Waals surface area contributed by atoms with E-state index in [-0.39, 0.29) is 6.10 Å². The Morgan fingerprint density at radius 1 is 1.57 bits per heavy atom. The van der Waals surface area contributed by atoms with Crippen molar-refractivity contribution in [2.75, 3.05) is 0 Å². The van der Waals surface area contributed by atoms with Crippen LogP contribution in [0.5, 0.6) is 0 Å². The first-order valence-electron chi connectivity index (χ1n) is 5.41. The molecule has 0 saturated heterocycles. The van der Waals surface area contributed by atoms with Crippen molar-refractivity contribution in [3.8, 4) is 0 Å². The molecule has 1 heterocycles. The van der Waals surface area contributed by atoms with Crippen molar-refractivity contribution in [1.29, 1.82) is 0 Å². The van der Waals surface area contributed by atoms with Crippen LogP contribution < -0.4 is 0 Å². The van der Waals surface area contributed by atoms with Crippen LogP contribution >= 0.6 is 0 Å². The fourth-order valence-corrected chi connectivity index (χ4v) is 2.29. The molecule has 1 aliphatic rings. The Hall–Kier alpha value is -0.830. The summed E-state index contributed by atoms with van der Waals surface area (Å²) in [5, 5.41) is 9.92. The van der Waals surface area contributed by atoms with E-state index in [4.69, 9.17) is 0 Å². The van der Waals surface area contributed by atoms with Gasteiger partial charge in [0.2, 0.25) is 0 Å². The molecule has 1 saturated carbocycles. The molecule has 0 radical (unpaired) electrons. The molecule has 3 heteroatoms. The first kappa shape index (κ1) is 9.71. The number of aliphatic hydroxyl groups excluding tert-OH is 1. The van der Waals surface area contributed by atoms with Gasteiger partial charge in [-0.25, -0.2) is 4.98 Å². The lowest BCUT2D eigenvalue weighted by atomic mass is 9.99. The maximum Gasteiger partial charge on any atom is 0.0977 e. The highest BCUT2D eigenvalue weighted by Crippen LogP contribution is 2.32. The predicted octanol–water partition coefficient (Wildman–Crippen LogP) is 2.03. The summed E-state index contributed by atoms with van der Waals surface area (Å²) in [5.74, 6) is 0.715. The molecule has 1 aromatic rings. The van der Waals surface area contributed by atoms with Crippen molar-refractivity contribution >= 4 is 0 Å². The van der Waals surface area contributed by atoms with Gasteiger partial charge >= 0.3 is 0 Å². The van der Waals surface area contributed by atoms with E-state index in [2.05, 4.69) is 4.98 Å². The maximum atomic E-state index is 9.92. The van der Waals surface area contributed by atoms with Crippen molar-refractivity contribution in [2.45, 2.75) is 38.2 Å². The van der Waals surface area contributed by atoms with Crippen LogP contribution in [0, 0.1) is 5.92 Å². The lowest BCUT2D eigenvalue weighted by molar-refractivity contribution is 0.141. The van der Waals surface area contributed by atoms with E-state index in [1.807, 2.05) is 17.8 Å². The van der Waals surface area contributed by atoms with Crippen LogP contribution in [0.1, 0.15) is 43.9 Å². The fraction of sp³-hybridized carbons (Fsp3) is 0.727. The minimum Gasteiger partial charge on any atom is -0.387 e. The average molecular weight is 194 g/mol. The van der Waals surface area contributed by atoms with E-state index >= 15 is 0 Å². The van der Waals surface area contributed by atoms with E-state index in [9.17, 15) is 5.11 Å². The second kappa shape index (κ2) is 4.13. The molecule has 14 heavy (non-hydrogen) atoms. The lowest BCUT2D eigenvalue weighted by Crippen LogP contribution is -2.04. The van der Waals surface area contributed by atoms with Crippen molar-refractivity contribution in [2.24, 2.45) is 13.0 Å². The van der Waals surface area contributed by atoms with E-state index in [0.29, 0.717) is 5.92 Å². The lowest BCUT2D eigenvalue weighted by Gasteiger charge is -2.12. The highest BCUT2D eigenvalue weighted by Gasteiger charge is 2.20. The van der Waals surface area contributed by atoms with Crippen LogP contribution in [0.4, 0.5) is 0 Å². The van der Waals surface area contributed by atoms with Gasteiger partial charge in [-0.2, -0.15) is 0 Å². The third-order valence-electron chi connectivity index (χ3n) is 3.10. The summed E-state index contributed by atoms with van der Waals surface area (Å²) in [6, 6.07) is 0. The summed E-state index contributed by atoms with van der Waals surface area (Å²) in [5.41, 5.74) is 0.819. The molecule has 3 nitrogen and oxygen atoms in total. The van der Waals surface area contributed by atoms with Crippen molar-refractivity contribution in [3.63, 3.8) is 0 Å². The zero-order valence-electron chi connectivity index (χ0n) is 8.69. The molecule has 78 valence electrons. The number of nitrogens with zero attached hydrogens (tertiary/aromatic N) is 2. The van der Waals surface area contributed by atoms with Gasteiger partial charge in [-0.05, 0) is 12.3 Å². The number of hydrogen-bond acceptors (Lipinski definition) is 2. The second-order valence-electron chi connectivity index (χ2n) is 4.37. The third kappa shape index (κ3) is 2.15. The van der Waals surface area contributed by atoms with E-state index < -0.39 is 0 Å². The summed E-state index contributed by atoms with van der Waals surface area (Å²) in [6.45, 7) is 0. The molecular formula is C11H18N2O. The molecule has 1 aliphatic carbocycles. The monoisotopic (exact) mass is 194 g/mol. The molecule has 0 spiro atoms. The highest BCUT2D eigenvalue weighted by atomic mass is 16.3. The summed E-state index contributed by atoms with van der Waals surface area (Å²) in [7, 11) is 1.93. The quantitative estimate of drug-likeness (QED) is 0.799. The number of imidazole rings is 1. The molecule has 0 aromatic carbocycles. The van der Waals surface area contributed by atoms with Gasteiger partial charge < -0.3 is 9.67 Å². The van der Waals surface area contributed by atoms with Gasteiger partial charge in [-0.15, -0.1) is 0 Å². The van der Waals surface area contributed by atoms with E-state index in [1.165, 1.54) is 25.7 Å². The van der Waals surface area contributed by atoms with Gasteiger partial charge in [0.05, 0.1) is 18.1 Å². The Morgan fingerprint density at radius 3 is 2.86 bits per heavy atom. The molecule has 1 unspecified atom stereocenters. The Bertz CT molecular complexity index is 289. The van der Waals surface area contributed by atoms with Crippen molar-refractivity contribution < 1.29 is 5.11 Å². The van der Waals surface area contributed by atoms with Crippen LogP contribution in [0.2, 0.25) is 0 Å². The summed E-state index contributed by atoms with van der Waals surface area (Å²) >= 11 is 0. The van der Waals surface area contributed by atoms with Crippen LogP contribution in [-0.2, 0) is 7.05 Å². The fourth-order valence-electron chi connectivity index (χ4n) is 2.29. The van der Waals surface area contributed by atoms with Crippen molar-refractivity contribution in [1.82, 2.24) is 9.55 Å². The molecule has 1 N–H and O–H groups in total. The number of rotatable bonds is 3. The Morgan fingerprint density at radius 2 is 2.29 bits per heavy atom. The van der Waals surface area contributed by atoms with Gasteiger partial charge in [0.15, 0.2) is 0 Å². The number of aryl methyl sites for hydroxylation is 1. The number of aromatic nitrogens is 2. The second-order valence-corrected chi connectivity index (χ2v) is 4.37. The first-order chi connectivity index (χ1) is 6.75. The first-order valence-corrected chi connectivity index (χ1v) is 5.41. The predicted molar refractivity (Wildman–Crippen MR) is 54.7 cm³/mol. The normalized spacial score (nSPS) is 20.1. The van der Waals surface area contributed by atoms with Crippen LogP contribution in [-0.4, -0.2) is 14.7 Å². The molecule has 0 aliphatic heterocycles. The number of aliphatic hydroxyl groups is 1. The maximum absolute atomic E-state index is 9.92. The smallest absolute Gasteiger partial charge is 0.0977 e. The summed E-state index contributed by atoms with van der Waals surface area (Å²) in [4.78, 5) is 4.17. The van der Waals surface area contributed by atoms with Gasteiger partial charge in [-0.1, -0.05) is 25.7 Å². The zero-order chi connectivity index (χ0) is 9.97. The Kier molecular flexibility index (Phi) is 2.87. The molecular weight excluding hydrogens is 176 g/mol. The molecule has 2 rings (SSSR count). The SMILES string of the molecule is Cn1cnc(C(O)CC2CCCC2)c1. The van der Waals surface area contributed by atoms with Gasteiger partial charge in [-0.3, -0.25) is 0 Å². The largest absolute Gasteiger partial charge is 0.387 e. The highest BCUT2D eigenvalue weighted by molar-refractivity contribution is 5.00. The molecule has 1 fully saturated rings. The minimum absolute atomic E-state index is 0.362. The molecule has 1 aromatic heterocycles. The molecule has 0 amide bonds. The van der Waals surface area contributed by atoms with Gasteiger partial charge in [0.25, 0.3) is 0 Å². The van der Waals surface area contributed by atoms with Crippen LogP contribution in [0.3, 0.4) is 0 Å². The van der Waals surface area contributed by atoms with E-state index in [0.717, 1.165) is 12.1 Å². The van der Waals surface area contributed by atoms with Crippen LogP contribution in [0.25, 0.3) is 0 Å². The van der Waals surface area contributed by atoms with Crippen molar-refractivity contribution in [3.05, 3.63) is 18.2 Å². The Balaban J connectivity index is 1.91. The van der Waals surface area contributed by atoms with Gasteiger partial charge in [0, 0.05) is 13.2 Å². The van der Waals surface area contributed by atoms with Crippen LogP contribution in [0.15, 0.2) is 12.5 Å². The standard InChI is InChI=1S/C11H18N2O/c1-13-7-10(12-8-13)11(14)6-9-4-2-3-5-9/h7-9,11,14H,2-6H2,1H3. The minimum atomic E-state index is -0.362. The summed E-state index contributed by atoms with van der Waals surface area (Å²) in [6.07, 6.45) is 9.40. The molecule has 0 bridgehead atoms. The Labute approximate surface area is 84.8 Å². The molecule has 1 atom stereocenters. The van der Waals surface area contributed by atoms with E-state index in [1.54, 1.807) is 6.33 Å². The summed E-state index contributed by atoms with van der Waals surface area (Å²) < 4.78 is 1.88. The zero-order valence-corrected chi connectivity index (χ0v) is 8.69. The number of hydrogen-bond donors (Lipinski definition) is 1. The van der Waals surface area contributed by atoms with Gasteiger partial charge in [0.1, 0.15) is 0 Å². The third-order valence-corrected chi connectivity index (χ3v) is 3.10. The average Bonchev–Trinajstić information content (AvgIpc) is 2.75. The topological polar surface area (TPSA) is 38.0 Å².